The molecule has 0 saturated heterocycles. The van der Waals surface area contributed by atoms with Gasteiger partial charge in [0.25, 0.3) is 0 Å². The molecule has 1 amide bonds. The molecule has 0 aromatic carbocycles. The minimum absolute atomic E-state index is 0.308. The van der Waals surface area contributed by atoms with Crippen LogP contribution in [0.15, 0.2) is 22.8 Å². The molecule has 0 bridgehead atoms. The van der Waals surface area contributed by atoms with Gasteiger partial charge in [0.15, 0.2) is 0 Å². The van der Waals surface area contributed by atoms with E-state index in [9.17, 15) is 9.59 Å². The van der Waals surface area contributed by atoms with Gasteiger partial charge in [-0.2, -0.15) is 0 Å². The van der Waals surface area contributed by atoms with Crippen LogP contribution in [0.4, 0.5) is 0 Å². The summed E-state index contributed by atoms with van der Waals surface area (Å²) in [5, 5.41) is 10.8. The van der Waals surface area contributed by atoms with Gasteiger partial charge in [0.2, 0.25) is 5.91 Å². The topological polar surface area (TPSA) is 79.5 Å². The van der Waals surface area contributed by atoms with Crippen molar-refractivity contribution < 1.29 is 19.1 Å². The Balaban J connectivity index is 2.45. The average molecular weight is 197 g/mol. The molecule has 5 nitrogen and oxygen atoms in total. The second kappa shape index (κ2) is 4.45. The lowest BCUT2D eigenvalue weighted by Gasteiger charge is -2.09. The third-order valence-corrected chi connectivity index (χ3v) is 1.66. The van der Waals surface area contributed by atoms with Crippen LogP contribution in [0.3, 0.4) is 0 Å². The smallest absolute Gasteiger partial charge is 0.312 e. The lowest BCUT2D eigenvalue weighted by molar-refractivity contribution is -0.140. The first-order valence-corrected chi connectivity index (χ1v) is 4.14. The first kappa shape index (κ1) is 10.3. The van der Waals surface area contributed by atoms with Crippen LogP contribution in [-0.4, -0.2) is 17.0 Å². The van der Waals surface area contributed by atoms with Crippen molar-refractivity contribution in [2.45, 2.75) is 19.4 Å². The van der Waals surface area contributed by atoms with E-state index in [1.807, 2.05) is 0 Å². The molecule has 0 fully saturated rings. The van der Waals surface area contributed by atoms with Crippen LogP contribution in [-0.2, 0) is 9.59 Å². The van der Waals surface area contributed by atoms with Gasteiger partial charge in [-0.25, -0.2) is 0 Å². The molecule has 0 aliphatic rings. The third kappa shape index (κ3) is 2.93. The molecule has 5 heteroatoms. The van der Waals surface area contributed by atoms with Crippen molar-refractivity contribution in [2.75, 3.05) is 0 Å². The van der Waals surface area contributed by atoms with Crippen LogP contribution >= 0.6 is 0 Å². The molecular formula is C9H11NO4. The van der Waals surface area contributed by atoms with Gasteiger partial charge >= 0.3 is 5.97 Å². The third-order valence-electron chi connectivity index (χ3n) is 1.66. The molecule has 1 unspecified atom stereocenters. The van der Waals surface area contributed by atoms with Crippen molar-refractivity contribution in [3.63, 3.8) is 0 Å². The Morgan fingerprint density at radius 3 is 2.86 bits per heavy atom. The van der Waals surface area contributed by atoms with Crippen LogP contribution in [0.1, 0.15) is 25.1 Å². The number of carboxylic acid groups (broad SMARTS) is 1. The Labute approximate surface area is 80.7 Å². The van der Waals surface area contributed by atoms with E-state index in [1.54, 1.807) is 19.1 Å². The van der Waals surface area contributed by atoms with E-state index in [1.165, 1.54) is 6.26 Å². The van der Waals surface area contributed by atoms with Gasteiger partial charge in [-0.1, -0.05) is 0 Å². The first-order valence-electron chi connectivity index (χ1n) is 4.14. The standard InChI is InChI=1S/C9H11NO4/c1-6(7-3-2-4-14-7)10-8(11)5-9(12)13/h2-4,6H,5H2,1H3,(H,10,11)(H,12,13). The number of carboxylic acids is 1. The number of carbonyl (C=O) groups excluding carboxylic acids is 1. The number of hydrogen-bond acceptors (Lipinski definition) is 3. The van der Waals surface area contributed by atoms with Gasteiger partial charge in [0.1, 0.15) is 12.2 Å². The van der Waals surface area contributed by atoms with Gasteiger partial charge in [-0.05, 0) is 19.1 Å². The highest BCUT2D eigenvalue weighted by Gasteiger charge is 2.13. The summed E-state index contributed by atoms with van der Waals surface area (Å²) < 4.78 is 5.04. The summed E-state index contributed by atoms with van der Waals surface area (Å²) in [6, 6.07) is 3.11. The predicted molar refractivity (Wildman–Crippen MR) is 47.5 cm³/mol. The van der Waals surface area contributed by atoms with E-state index in [0.717, 1.165) is 0 Å². The highest BCUT2D eigenvalue weighted by Crippen LogP contribution is 2.11. The van der Waals surface area contributed by atoms with E-state index in [2.05, 4.69) is 5.32 Å². The van der Waals surface area contributed by atoms with Crippen LogP contribution in [0.5, 0.6) is 0 Å². The number of rotatable bonds is 4. The molecule has 1 atom stereocenters. The molecule has 76 valence electrons. The number of carbonyl (C=O) groups is 2. The van der Waals surface area contributed by atoms with Crippen molar-refractivity contribution in [2.24, 2.45) is 0 Å². The summed E-state index contributed by atoms with van der Waals surface area (Å²) in [5.41, 5.74) is 0. The zero-order valence-electron chi connectivity index (χ0n) is 7.69. The molecule has 0 aliphatic heterocycles. The Morgan fingerprint density at radius 2 is 2.36 bits per heavy atom. The monoisotopic (exact) mass is 197 g/mol. The van der Waals surface area contributed by atoms with Crippen LogP contribution in [0.2, 0.25) is 0 Å². The molecule has 1 heterocycles. The highest BCUT2D eigenvalue weighted by molar-refractivity contribution is 5.93. The zero-order valence-corrected chi connectivity index (χ0v) is 7.69. The van der Waals surface area contributed by atoms with E-state index < -0.39 is 18.3 Å². The van der Waals surface area contributed by atoms with Crippen molar-refractivity contribution in [3.05, 3.63) is 24.2 Å². The average Bonchev–Trinajstić information content (AvgIpc) is 2.53. The van der Waals surface area contributed by atoms with Gasteiger partial charge in [0, 0.05) is 0 Å². The molecule has 0 spiro atoms. The van der Waals surface area contributed by atoms with Crippen molar-refractivity contribution in [1.82, 2.24) is 5.32 Å². The van der Waals surface area contributed by atoms with E-state index in [0.29, 0.717) is 5.76 Å². The lowest BCUT2D eigenvalue weighted by Crippen LogP contribution is -2.28. The van der Waals surface area contributed by atoms with E-state index >= 15 is 0 Å². The first-order chi connectivity index (χ1) is 6.59. The fourth-order valence-electron chi connectivity index (χ4n) is 1.04. The second-order valence-corrected chi connectivity index (χ2v) is 2.88. The van der Waals surface area contributed by atoms with E-state index in [-0.39, 0.29) is 6.04 Å². The Hall–Kier alpha value is -1.78. The molecule has 0 radical (unpaired) electrons. The zero-order chi connectivity index (χ0) is 10.6. The Bertz CT molecular complexity index is 318. The van der Waals surface area contributed by atoms with Gasteiger partial charge in [0.05, 0.1) is 12.3 Å². The van der Waals surface area contributed by atoms with Crippen molar-refractivity contribution >= 4 is 11.9 Å². The molecule has 1 aromatic rings. The normalized spacial score (nSPS) is 12.1. The predicted octanol–water partition coefficient (Wildman–Crippen LogP) is 0.932. The van der Waals surface area contributed by atoms with Crippen molar-refractivity contribution in [1.29, 1.82) is 0 Å². The Morgan fingerprint density at radius 1 is 1.64 bits per heavy atom. The summed E-state index contributed by atoms with van der Waals surface area (Å²) in [7, 11) is 0. The fraction of sp³-hybridized carbons (Fsp3) is 0.333. The molecular weight excluding hydrogens is 186 g/mol. The summed E-state index contributed by atoms with van der Waals surface area (Å²) in [6.45, 7) is 1.72. The maximum absolute atomic E-state index is 11.0. The van der Waals surface area contributed by atoms with Gasteiger partial charge in [-0.3, -0.25) is 9.59 Å². The molecule has 0 saturated carbocycles. The quantitative estimate of drug-likeness (QED) is 0.704. The second-order valence-electron chi connectivity index (χ2n) is 2.88. The number of amides is 1. The maximum Gasteiger partial charge on any atom is 0.312 e. The summed E-state index contributed by atoms with van der Waals surface area (Å²) in [5.74, 6) is -1.07. The number of aliphatic carboxylic acids is 1. The molecule has 0 aliphatic carbocycles. The van der Waals surface area contributed by atoms with Crippen LogP contribution in [0, 0.1) is 0 Å². The molecule has 2 N–H and O–H groups in total. The van der Waals surface area contributed by atoms with Gasteiger partial charge in [-0.15, -0.1) is 0 Å². The van der Waals surface area contributed by atoms with E-state index in [4.69, 9.17) is 9.52 Å². The van der Waals surface area contributed by atoms with Crippen molar-refractivity contribution in [3.8, 4) is 0 Å². The Kier molecular flexibility index (Phi) is 3.28. The molecule has 14 heavy (non-hydrogen) atoms. The van der Waals surface area contributed by atoms with Crippen LogP contribution in [0.25, 0.3) is 0 Å². The number of hydrogen-bond donors (Lipinski definition) is 2. The largest absolute Gasteiger partial charge is 0.481 e. The summed E-state index contributed by atoms with van der Waals surface area (Å²) >= 11 is 0. The minimum Gasteiger partial charge on any atom is -0.481 e. The SMILES string of the molecule is CC(NC(=O)CC(=O)O)c1ccco1. The number of furan rings is 1. The van der Waals surface area contributed by atoms with Gasteiger partial charge < -0.3 is 14.8 Å². The number of nitrogens with one attached hydrogen (secondary N) is 1. The minimum atomic E-state index is -1.14. The van der Waals surface area contributed by atoms with Crippen LogP contribution < -0.4 is 5.32 Å². The summed E-state index contributed by atoms with van der Waals surface area (Å²) in [4.78, 5) is 21.2. The molecule has 1 rings (SSSR count). The highest BCUT2D eigenvalue weighted by atomic mass is 16.4. The fourth-order valence-corrected chi connectivity index (χ4v) is 1.04. The molecule has 1 aromatic heterocycles. The maximum atomic E-state index is 11.0. The lowest BCUT2D eigenvalue weighted by atomic mass is 10.2. The summed E-state index contributed by atoms with van der Waals surface area (Å²) in [6.07, 6.45) is 0.972.